The van der Waals surface area contributed by atoms with Gasteiger partial charge >= 0.3 is 19.8 Å². The largest absolute Gasteiger partial charge is 0.480 e. The first-order valence-electron chi connectivity index (χ1n) is 19.0. The molecule has 292 valence electrons. The summed E-state index contributed by atoms with van der Waals surface area (Å²) in [6.45, 7) is 3.55. The molecule has 0 amide bonds. The van der Waals surface area contributed by atoms with Crippen LogP contribution in [0.5, 0.6) is 0 Å². The van der Waals surface area contributed by atoms with Gasteiger partial charge in [0.1, 0.15) is 12.1 Å². The molecule has 0 bridgehead atoms. The van der Waals surface area contributed by atoms with Crippen molar-refractivity contribution in [3.8, 4) is 0 Å². The van der Waals surface area contributed by atoms with Crippen LogP contribution in [0, 0.1) is 0 Å². The fourth-order valence-electron chi connectivity index (χ4n) is 4.56. The van der Waals surface area contributed by atoms with E-state index in [0.717, 1.165) is 70.6 Å². The molecule has 0 saturated carbocycles. The molecule has 0 aliphatic heterocycles. The van der Waals surface area contributed by atoms with Crippen molar-refractivity contribution >= 4 is 19.8 Å². The van der Waals surface area contributed by atoms with Gasteiger partial charge < -0.3 is 25.2 Å². The van der Waals surface area contributed by atoms with E-state index in [2.05, 4.69) is 91.3 Å². The van der Waals surface area contributed by atoms with Crippen molar-refractivity contribution in [3.05, 3.63) is 72.9 Å². The average Bonchev–Trinajstić information content (AvgIpc) is 3.10. The Morgan fingerprint density at radius 1 is 0.647 bits per heavy atom. The van der Waals surface area contributed by atoms with Crippen molar-refractivity contribution in [3.63, 3.8) is 0 Å². The molecule has 3 atom stereocenters. The summed E-state index contributed by atoms with van der Waals surface area (Å²) in [4.78, 5) is 33.3. The molecular formula is C40H68NO9P. The van der Waals surface area contributed by atoms with E-state index in [4.69, 9.17) is 24.8 Å². The predicted molar refractivity (Wildman–Crippen MR) is 207 cm³/mol. The average molecular weight is 738 g/mol. The number of carboxylic acids is 1. The van der Waals surface area contributed by atoms with Crippen LogP contribution in [0.25, 0.3) is 0 Å². The van der Waals surface area contributed by atoms with E-state index in [9.17, 15) is 19.0 Å². The first kappa shape index (κ1) is 48.4. The van der Waals surface area contributed by atoms with E-state index >= 15 is 0 Å². The minimum atomic E-state index is -4.62. The second-order valence-electron chi connectivity index (χ2n) is 12.3. The summed E-state index contributed by atoms with van der Waals surface area (Å²) in [5.41, 5.74) is 5.32. The molecule has 0 aliphatic carbocycles. The van der Waals surface area contributed by atoms with Crippen molar-refractivity contribution in [1.82, 2.24) is 0 Å². The lowest BCUT2D eigenvalue weighted by atomic mass is 10.1. The Morgan fingerprint density at radius 3 is 1.63 bits per heavy atom. The summed E-state index contributed by atoms with van der Waals surface area (Å²) < 4.78 is 33.1. The molecule has 0 radical (unpaired) electrons. The van der Waals surface area contributed by atoms with Crippen molar-refractivity contribution in [2.24, 2.45) is 5.73 Å². The van der Waals surface area contributed by atoms with E-state index in [1.807, 2.05) is 0 Å². The zero-order chi connectivity index (χ0) is 37.7. The molecule has 0 spiro atoms. The molecule has 0 fully saturated rings. The maximum Gasteiger partial charge on any atom is 0.472 e. The van der Waals surface area contributed by atoms with Gasteiger partial charge in [-0.05, 0) is 57.8 Å². The number of carbonyl (C=O) groups is 2. The third-order valence-electron chi connectivity index (χ3n) is 7.50. The van der Waals surface area contributed by atoms with E-state index < -0.39 is 45.1 Å². The second kappa shape index (κ2) is 35.8. The van der Waals surface area contributed by atoms with E-state index in [1.54, 1.807) is 0 Å². The number of carboxylic acid groups (broad SMARTS) is 1. The van der Waals surface area contributed by atoms with Gasteiger partial charge in [-0.25, -0.2) is 4.57 Å². The van der Waals surface area contributed by atoms with Crippen LogP contribution in [0.1, 0.15) is 129 Å². The number of unbranched alkanes of at least 4 members (excludes halogenated alkanes) is 9. The lowest BCUT2D eigenvalue weighted by molar-refractivity contribution is -0.154. The zero-order valence-electron chi connectivity index (χ0n) is 31.4. The van der Waals surface area contributed by atoms with Crippen LogP contribution in [-0.4, -0.2) is 60.5 Å². The Kier molecular flexibility index (Phi) is 34.0. The molecule has 51 heavy (non-hydrogen) atoms. The van der Waals surface area contributed by atoms with Crippen molar-refractivity contribution in [1.29, 1.82) is 0 Å². The quantitative estimate of drug-likeness (QED) is 0.0248. The van der Waals surface area contributed by atoms with Gasteiger partial charge in [0, 0.05) is 13.0 Å². The Balaban J connectivity index is 4.38. The summed E-state index contributed by atoms with van der Waals surface area (Å²) in [6, 6.07) is -1.48. The van der Waals surface area contributed by atoms with Crippen LogP contribution in [0.3, 0.4) is 0 Å². The van der Waals surface area contributed by atoms with E-state index in [0.29, 0.717) is 13.0 Å². The predicted octanol–water partition coefficient (Wildman–Crippen LogP) is 9.86. The molecule has 11 heteroatoms. The number of allylic oxidation sites excluding steroid dienone is 12. The number of esters is 1. The Morgan fingerprint density at radius 2 is 1.12 bits per heavy atom. The molecule has 3 unspecified atom stereocenters. The normalized spacial score (nSPS) is 14.9. The molecule has 10 nitrogen and oxygen atoms in total. The number of ether oxygens (including phenoxy) is 2. The fourth-order valence-corrected chi connectivity index (χ4v) is 5.34. The van der Waals surface area contributed by atoms with Gasteiger partial charge in [-0.2, -0.15) is 0 Å². The van der Waals surface area contributed by atoms with Gasteiger partial charge in [0.15, 0.2) is 0 Å². The number of hydrogen-bond acceptors (Lipinski definition) is 8. The highest BCUT2D eigenvalue weighted by Crippen LogP contribution is 2.43. The minimum Gasteiger partial charge on any atom is -0.480 e. The van der Waals surface area contributed by atoms with Gasteiger partial charge in [0.05, 0.1) is 19.8 Å². The third-order valence-corrected chi connectivity index (χ3v) is 8.45. The Bertz CT molecular complexity index is 1080. The first-order chi connectivity index (χ1) is 24.7. The molecule has 4 N–H and O–H groups in total. The second-order valence-corrected chi connectivity index (χ2v) is 13.8. The topological polar surface area (TPSA) is 155 Å². The van der Waals surface area contributed by atoms with Crippen molar-refractivity contribution in [2.45, 2.75) is 142 Å². The summed E-state index contributed by atoms with van der Waals surface area (Å²) in [5.74, 6) is -1.81. The third kappa shape index (κ3) is 35.6. The lowest BCUT2D eigenvalue weighted by Gasteiger charge is -2.20. The molecule has 0 aliphatic rings. The molecule has 0 aromatic carbocycles. The molecule has 0 heterocycles. The number of phosphoric acid groups is 1. The number of aliphatic carboxylic acids is 1. The number of rotatable bonds is 35. The fraction of sp³-hybridized carbons (Fsp3) is 0.650. The van der Waals surface area contributed by atoms with Gasteiger partial charge in [0.2, 0.25) is 0 Å². The first-order valence-corrected chi connectivity index (χ1v) is 20.5. The highest BCUT2D eigenvalue weighted by atomic mass is 31.2. The number of carbonyl (C=O) groups excluding carboxylic acids is 1. The smallest absolute Gasteiger partial charge is 0.472 e. The van der Waals surface area contributed by atoms with Crippen LogP contribution < -0.4 is 5.73 Å². The standard InChI is InChI=1S/C40H68NO9P/c1-3-5-7-9-11-13-14-15-16-17-18-19-20-21-22-23-25-27-29-31-33-47-34-37(35-48-51(45,46)49-36-38(41)40(43)44)50-39(42)32-30-28-26-24-12-10-8-6-4-2/h5,7,11,13,15-16,18-19,21-22,25,27,37-38H,3-4,6,8-10,12,14,17,20,23-24,26,28-36,41H2,1-2H3,(H,43,44)(H,45,46)/b7-5-,13-11-,16-15-,19-18-,22-21-,27-25-. The SMILES string of the molecule is CC/C=C\C/C=C\C/C=C\C/C=C\C/C=C\C/C=C\CCCOCC(COP(=O)(O)OCC(N)C(=O)O)OC(=O)CCCCCCCCCCC. The maximum absolute atomic E-state index is 12.5. The van der Waals surface area contributed by atoms with Crippen molar-refractivity contribution < 1.29 is 42.7 Å². The number of hydrogen-bond donors (Lipinski definition) is 3. The van der Waals surface area contributed by atoms with Crippen LogP contribution >= 0.6 is 7.82 Å². The van der Waals surface area contributed by atoms with Crippen LogP contribution in [0.2, 0.25) is 0 Å². The summed E-state index contributed by atoms with van der Waals surface area (Å²) in [6.07, 6.45) is 42.6. The zero-order valence-corrected chi connectivity index (χ0v) is 32.3. The van der Waals surface area contributed by atoms with Gasteiger partial charge in [-0.15, -0.1) is 0 Å². The highest BCUT2D eigenvalue weighted by molar-refractivity contribution is 7.47. The molecule has 0 aromatic heterocycles. The van der Waals surface area contributed by atoms with Crippen LogP contribution in [0.4, 0.5) is 0 Å². The summed E-state index contributed by atoms with van der Waals surface area (Å²) in [5, 5.41) is 8.85. The van der Waals surface area contributed by atoms with Gasteiger partial charge in [-0.1, -0.05) is 138 Å². The van der Waals surface area contributed by atoms with E-state index in [1.165, 1.54) is 32.1 Å². The highest BCUT2D eigenvalue weighted by Gasteiger charge is 2.27. The van der Waals surface area contributed by atoms with E-state index in [-0.39, 0.29) is 13.0 Å². The number of phosphoric ester groups is 1. The molecule has 0 saturated heterocycles. The van der Waals surface area contributed by atoms with Crippen LogP contribution in [0.15, 0.2) is 72.9 Å². The molecular weight excluding hydrogens is 669 g/mol. The summed E-state index contributed by atoms with van der Waals surface area (Å²) >= 11 is 0. The molecule has 0 rings (SSSR count). The van der Waals surface area contributed by atoms with Crippen LogP contribution in [-0.2, 0) is 32.7 Å². The Labute approximate surface area is 308 Å². The maximum atomic E-state index is 12.5. The Hall–Kier alpha value is -2.59. The lowest BCUT2D eigenvalue weighted by Crippen LogP contribution is -2.34. The molecule has 0 aromatic rings. The van der Waals surface area contributed by atoms with Gasteiger partial charge in [-0.3, -0.25) is 18.6 Å². The minimum absolute atomic E-state index is 0.0259. The number of nitrogens with two attached hydrogens (primary N) is 1. The van der Waals surface area contributed by atoms with Gasteiger partial charge in [0.25, 0.3) is 0 Å². The monoisotopic (exact) mass is 737 g/mol. The van der Waals surface area contributed by atoms with Crippen molar-refractivity contribution in [2.75, 3.05) is 26.4 Å². The summed E-state index contributed by atoms with van der Waals surface area (Å²) in [7, 11) is -4.62.